The van der Waals surface area contributed by atoms with Gasteiger partial charge in [0.05, 0.1) is 0 Å². The highest BCUT2D eigenvalue weighted by atomic mass is 127. The molecule has 1 aromatic carbocycles. The van der Waals surface area contributed by atoms with E-state index in [0.29, 0.717) is 0 Å². The number of thioether (sulfide) groups is 1. The number of anilines is 2. The molecule has 1 aromatic rings. The fraction of sp³-hybridized carbons (Fsp3) is 0.333. The quantitative estimate of drug-likeness (QED) is 0.510. The highest BCUT2D eigenvalue weighted by Crippen LogP contribution is 2.20. The van der Waals surface area contributed by atoms with Crippen LogP contribution in [0.2, 0.25) is 0 Å². The Bertz CT molecular complexity index is 278. The molecule has 0 aliphatic rings. The van der Waals surface area contributed by atoms with Crippen LogP contribution >= 0.6 is 34.4 Å². The molecule has 0 unspecified atom stereocenters. The van der Waals surface area contributed by atoms with Gasteiger partial charge in [-0.2, -0.15) is 11.8 Å². The van der Waals surface area contributed by atoms with Crippen LogP contribution in [0.15, 0.2) is 18.2 Å². The molecular weight excluding hydrogens is 295 g/mol. The number of halogens is 1. The standard InChI is InChI=1S/C9H13IN2S/c1-13-5-4-12-9-3-2-7(11)6-8(9)10/h2-3,6,12H,4-5,11H2,1H3. The second-order valence-corrected chi connectivity index (χ2v) is 4.81. The van der Waals surface area contributed by atoms with Gasteiger partial charge in [0.1, 0.15) is 0 Å². The molecule has 0 fully saturated rings. The smallest absolute Gasteiger partial charge is 0.0477 e. The van der Waals surface area contributed by atoms with Gasteiger partial charge in [-0.1, -0.05) is 0 Å². The molecule has 0 amide bonds. The van der Waals surface area contributed by atoms with Crippen LogP contribution in [0.3, 0.4) is 0 Å². The van der Waals surface area contributed by atoms with Crippen molar-refractivity contribution >= 4 is 45.7 Å². The van der Waals surface area contributed by atoms with Crippen molar-refractivity contribution in [1.82, 2.24) is 0 Å². The molecule has 4 heteroatoms. The normalized spacial score (nSPS) is 10.0. The highest BCUT2D eigenvalue weighted by Gasteiger charge is 1.97. The Balaban J connectivity index is 2.56. The van der Waals surface area contributed by atoms with E-state index in [1.165, 1.54) is 9.26 Å². The first-order chi connectivity index (χ1) is 6.24. The lowest BCUT2D eigenvalue weighted by atomic mass is 10.3. The van der Waals surface area contributed by atoms with Crippen molar-refractivity contribution in [2.75, 3.05) is 29.6 Å². The Morgan fingerprint density at radius 2 is 2.31 bits per heavy atom. The number of nitrogens with one attached hydrogen (secondary N) is 1. The van der Waals surface area contributed by atoms with Gasteiger partial charge >= 0.3 is 0 Å². The average Bonchev–Trinajstić information content (AvgIpc) is 2.09. The molecule has 0 aromatic heterocycles. The summed E-state index contributed by atoms with van der Waals surface area (Å²) < 4.78 is 1.18. The molecule has 1 rings (SSSR count). The Labute approximate surface area is 96.8 Å². The maximum absolute atomic E-state index is 5.65. The molecule has 13 heavy (non-hydrogen) atoms. The number of hydrogen-bond acceptors (Lipinski definition) is 3. The molecule has 0 spiro atoms. The Hall–Kier alpha value is -0.100. The predicted octanol–water partition coefficient (Wildman–Crippen LogP) is 2.65. The van der Waals surface area contributed by atoms with E-state index in [0.717, 1.165) is 18.0 Å². The van der Waals surface area contributed by atoms with Gasteiger partial charge in [-0.25, -0.2) is 0 Å². The predicted molar refractivity (Wildman–Crippen MR) is 70.4 cm³/mol. The van der Waals surface area contributed by atoms with Crippen LogP contribution in [-0.4, -0.2) is 18.6 Å². The molecule has 0 saturated carbocycles. The first-order valence-corrected chi connectivity index (χ1v) is 6.49. The fourth-order valence-electron chi connectivity index (χ4n) is 0.962. The summed E-state index contributed by atoms with van der Waals surface area (Å²) in [5.41, 5.74) is 7.64. The maximum atomic E-state index is 5.65. The Morgan fingerprint density at radius 3 is 2.92 bits per heavy atom. The summed E-state index contributed by atoms with van der Waals surface area (Å²) in [6.45, 7) is 1.00. The van der Waals surface area contributed by atoms with Crippen LogP contribution in [0.4, 0.5) is 11.4 Å². The molecule has 0 aliphatic carbocycles. The van der Waals surface area contributed by atoms with Gasteiger partial charge in [-0.15, -0.1) is 0 Å². The highest BCUT2D eigenvalue weighted by molar-refractivity contribution is 14.1. The number of rotatable bonds is 4. The van der Waals surface area contributed by atoms with E-state index in [1.807, 2.05) is 30.0 Å². The summed E-state index contributed by atoms with van der Waals surface area (Å²) in [6, 6.07) is 5.92. The molecule has 0 atom stereocenters. The van der Waals surface area contributed by atoms with E-state index in [1.54, 1.807) is 0 Å². The van der Waals surface area contributed by atoms with Crippen molar-refractivity contribution in [1.29, 1.82) is 0 Å². The summed E-state index contributed by atoms with van der Waals surface area (Å²) in [6.07, 6.45) is 2.11. The number of benzene rings is 1. The van der Waals surface area contributed by atoms with E-state index < -0.39 is 0 Å². The van der Waals surface area contributed by atoms with E-state index in [9.17, 15) is 0 Å². The van der Waals surface area contributed by atoms with Crippen LogP contribution < -0.4 is 11.1 Å². The third kappa shape index (κ3) is 3.64. The van der Waals surface area contributed by atoms with Gasteiger partial charge < -0.3 is 11.1 Å². The van der Waals surface area contributed by atoms with Crippen molar-refractivity contribution in [3.8, 4) is 0 Å². The number of nitrogen functional groups attached to an aromatic ring is 1. The molecule has 3 N–H and O–H groups in total. The molecule has 0 saturated heterocycles. The lowest BCUT2D eigenvalue weighted by molar-refractivity contribution is 1.23. The van der Waals surface area contributed by atoms with Crippen molar-refractivity contribution < 1.29 is 0 Å². The molecule has 0 heterocycles. The summed E-state index contributed by atoms with van der Waals surface area (Å²) in [7, 11) is 0. The molecule has 0 radical (unpaired) electrons. The fourth-order valence-corrected chi connectivity index (χ4v) is 2.00. The molecular formula is C9H13IN2S. The van der Waals surface area contributed by atoms with Crippen molar-refractivity contribution in [2.45, 2.75) is 0 Å². The van der Waals surface area contributed by atoms with E-state index in [2.05, 4.69) is 34.2 Å². The SMILES string of the molecule is CSCCNc1ccc(N)cc1I. The van der Waals surface area contributed by atoms with Gasteiger partial charge in [0.25, 0.3) is 0 Å². The van der Waals surface area contributed by atoms with Crippen molar-refractivity contribution in [3.63, 3.8) is 0 Å². The van der Waals surface area contributed by atoms with Crippen LogP contribution in [0.25, 0.3) is 0 Å². The topological polar surface area (TPSA) is 38.0 Å². The average molecular weight is 308 g/mol. The lowest BCUT2D eigenvalue weighted by Gasteiger charge is -2.07. The minimum absolute atomic E-state index is 0.819. The maximum Gasteiger partial charge on any atom is 0.0477 e. The monoisotopic (exact) mass is 308 g/mol. The first-order valence-electron chi connectivity index (χ1n) is 4.02. The summed E-state index contributed by atoms with van der Waals surface area (Å²) in [5, 5.41) is 3.36. The minimum atomic E-state index is 0.819. The van der Waals surface area contributed by atoms with Crippen LogP contribution in [-0.2, 0) is 0 Å². The van der Waals surface area contributed by atoms with Crippen molar-refractivity contribution in [2.24, 2.45) is 0 Å². The van der Waals surface area contributed by atoms with Gasteiger partial charge in [0.15, 0.2) is 0 Å². The summed E-state index contributed by atoms with van der Waals surface area (Å²) in [4.78, 5) is 0. The van der Waals surface area contributed by atoms with Gasteiger partial charge in [0.2, 0.25) is 0 Å². The second kappa shape index (κ2) is 5.59. The largest absolute Gasteiger partial charge is 0.399 e. The van der Waals surface area contributed by atoms with E-state index in [-0.39, 0.29) is 0 Å². The number of hydrogen-bond donors (Lipinski definition) is 2. The lowest BCUT2D eigenvalue weighted by Crippen LogP contribution is -2.05. The van der Waals surface area contributed by atoms with Gasteiger partial charge in [-0.05, 0) is 47.0 Å². The second-order valence-electron chi connectivity index (χ2n) is 2.66. The summed E-state index contributed by atoms with van der Waals surface area (Å²) >= 11 is 4.13. The van der Waals surface area contributed by atoms with Gasteiger partial charge in [-0.3, -0.25) is 0 Å². The van der Waals surface area contributed by atoms with Crippen molar-refractivity contribution in [3.05, 3.63) is 21.8 Å². The molecule has 72 valence electrons. The van der Waals surface area contributed by atoms with Crippen LogP contribution in [0, 0.1) is 3.57 Å². The summed E-state index contributed by atoms with van der Waals surface area (Å²) in [5.74, 6) is 1.13. The third-order valence-corrected chi connectivity index (χ3v) is 3.12. The molecule has 0 bridgehead atoms. The van der Waals surface area contributed by atoms with Crippen LogP contribution in [0.1, 0.15) is 0 Å². The van der Waals surface area contributed by atoms with Gasteiger partial charge in [0, 0.05) is 27.2 Å². The molecule has 2 nitrogen and oxygen atoms in total. The Morgan fingerprint density at radius 1 is 1.54 bits per heavy atom. The van der Waals surface area contributed by atoms with E-state index in [4.69, 9.17) is 5.73 Å². The zero-order valence-corrected chi connectivity index (χ0v) is 10.5. The third-order valence-electron chi connectivity index (χ3n) is 1.61. The number of nitrogens with two attached hydrogens (primary N) is 1. The minimum Gasteiger partial charge on any atom is -0.399 e. The Kier molecular flexibility index (Phi) is 4.72. The zero-order chi connectivity index (χ0) is 9.68. The zero-order valence-electron chi connectivity index (χ0n) is 7.51. The van der Waals surface area contributed by atoms with Crippen LogP contribution in [0.5, 0.6) is 0 Å². The van der Waals surface area contributed by atoms with E-state index >= 15 is 0 Å². The first kappa shape index (κ1) is 11.0. The molecule has 0 aliphatic heterocycles.